The first-order chi connectivity index (χ1) is 34.0. The van der Waals surface area contributed by atoms with Crippen LogP contribution >= 0.6 is 0 Å². The van der Waals surface area contributed by atoms with E-state index in [-0.39, 0.29) is 0 Å². The molecule has 0 atom stereocenters. The number of rotatable bonds is 27. The Morgan fingerprint density at radius 1 is 0.357 bits per heavy atom. The Labute approximate surface area is 417 Å². The zero-order chi connectivity index (χ0) is 51.8. The van der Waals surface area contributed by atoms with Gasteiger partial charge >= 0.3 is 23.9 Å². The topological polar surface area (TPSA) is 194 Å². The normalized spacial score (nSPS) is 10.2. The fourth-order valence-corrected chi connectivity index (χ4v) is 6.06. The first-order valence-electron chi connectivity index (χ1n) is 24.9. The predicted molar refractivity (Wildman–Crippen MR) is 272 cm³/mol. The molecule has 14 nitrogen and oxygen atoms in total. The summed E-state index contributed by atoms with van der Waals surface area (Å²) in [6, 6.07) is 33.1. The summed E-state index contributed by atoms with van der Waals surface area (Å²) in [4.78, 5) is 78.3. The molecule has 0 heterocycles. The van der Waals surface area contributed by atoms with Gasteiger partial charge in [-0.15, -0.1) is 0 Å². The second kappa shape index (κ2) is 45.9. The smallest absolute Gasteiger partial charge is 0.255 e. The first kappa shape index (κ1) is 64.5. The molecule has 4 aromatic rings. The molecule has 0 aliphatic rings. The van der Waals surface area contributed by atoms with Crippen molar-refractivity contribution in [3.63, 3.8) is 0 Å². The van der Waals surface area contributed by atoms with Crippen molar-refractivity contribution >= 4 is 23.9 Å². The summed E-state index contributed by atoms with van der Waals surface area (Å²) in [7, 11) is 0. The molecule has 0 spiro atoms. The van der Waals surface area contributed by atoms with Gasteiger partial charge in [0.25, 0.3) is 0 Å². The van der Waals surface area contributed by atoms with Crippen molar-refractivity contribution in [2.45, 2.75) is 169 Å². The van der Waals surface area contributed by atoms with Gasteiger partial charge in [-0.2, -0.15) is 0 Å². The molecule has 0 amide bonds. The molecular formula is C56H82O14. The van der Waals surface area contributed by atoms with Gasteiger partial charge in [0, 0.05) is 0 Å². The average Bonchev–Trinajstić information content (AvgIpc) is 3.40. The number of hydrogen-bond acceptors (Lipinski definition) is 14. The standard InChI is InChI=1S/C24H50O2.2C14H10O4.C4H10O2.H2O2/c1-3-5-7-9-11-13-15-17-19-21-23-25-26-24-22-20-18-16-14-12-10-8-6-4-2;2*15-13(11-7-3-1-4-8-11)17-18-14(16)12-9-5-2-6-10-12;1-4(2,3)6-5;1-2/h3-24H2,1-2H3;2*1-10H;5H,1-3H3;1-2H. The SMILES string of the molecule is CC(C)(C)OO.CCCCCCCCCCCCOOCCCCCCCCCCCC.O=C(OOC(=O)c1ccccc1)c1ccccc1.O=C(OOC(=O)c1ccccc1)c1ccccc1.OO. The highest BCUT2D eigenvalue weighted by atomic mass is 17.2. The van der Waals surface area contributed by atoms with Crippen LogP contribution in [0.4, 0.5) is 0 Å². The van der Waals surface area contributed by atoms with Crippen LogP contribution in [0.3, 0.4) is 0 Å². The van der Waals surface area contributed by atoms with Crippen LogP contribution in [-0.4, -0.2) is 58.5 Å². The molecule has 0 radical (unpaired) electrons. The molecule has 0 unspecified atom stereocenters. The van der Waals surface area contributed by atoms with Gasteiger partial charge in [-0.3, -0.25) is 15.8 Å². The third-order valence-electron chi connectivity index (χ3n) is 9.94. The van der Waals surface area contributed by atoms with E-state index < -0.39 is 29.5 Å². The van der Waals surface area contributed by atoms with Gasteiger partial charge in [-0.05, 0) is 82.1 Å². The van der Waals surface area contributed by atoms with Gasteiger partial charge in [-0.25, -0.2) is 53.4 Å². The van der Waals surface area contributed by atoms with Crippen LogP contribution in [0.1, 0.15) is 204 Å². The van der Waals surface area contributed by atoms with E-state index in [9.17, 15) is 19.2 Å². The Kier molecular flexibility index (Phi) is 42.3. The minimum absolute atomic E-state index is 0.318. The van der Waals surface area contributed by atoms with E-state index >= 15 is 0 Å². The molecule has 0 bridgehead atoms. The average molecular weight is 979 g/mol. The summed E-state index contributed by atoms with van der Waals surface area (Å²) in [5.41, 5.74) is 0.869. The summed E-state index contributed by atoms with van der Waals surface area (Å²) < 4.78 is 0. The largest absolute Gasteiger partial charge is 0.386 e. The van der Waals surface area contributed by atoms with E-state index in [0.717, 1.165) is 26.1 Å². The molecule has 390 valence electrons. The molecule has 0 saturated heterocycles. The van der Waals surface area contributed by atoms with E-state index in [1.807, 2.05) is 0 Å². The molecule has 70 heavy (non-hydrogen) atoms. The van der Waals surface area contributed by atoms with Gasteiger partial charge in [-0.1, -0.05) is 202 Å². The van der Waals surface area contributed by atoms with Crippen LogP contribution < -0.4 is 0 Å². The van der Waals surface area contributed by atoms with E-state index in [1.54, 1.807) is 142 Å². The summed E-state index contributed by atoms with van der Waals surface area (Å²) in [6.45, 7) is 11.4. The summed E-state index contributed by atoms with van der Waals surface area (Å²) in [5.74, 6) is -2.83. The van der Waals surface area contributed by atoms with Crippen molar-refractivity contribution in [1.82, 2.24) is 0 Å². The Hall–Kier alpha value is -5.48. The summed E-state index contributed by atoms with van der Waals surface area (Å²) in [5, 5.41) is 19.9. The predicted octanol–water partition coefficient (Wildman–Crippen LogP) is 15.3. The number of carbonyl (C=O) groups is 4. The highest BCUT2D eigenvalue weighted by Gasteiger charge is 2.14. The molecule has 0 aliphatic heterocycles. The van der Waals surface area contributed by atoms with Crippen LogP contribution in [-0.2, 0) is 34.2 Å². The van der Waals surface area contributed by atoms with Crippen LogP contribution in [0.25, 0.3) is 0 Å². The number of hydrogen-bond donors (Lipinski definition) is 3. The monoisotopic (exact) mass is 979 g/mol. The second-order valence-corrected chi connectivity index (χ2v) is 17.2. The van der Waals surface area contributed by atoms with Crippen LogP contribution in [0.5, 0.6) is 0 Å². The van der Waals surface area contributed by atoms with Crippen molar-refractivity contribution in [1.29, 1.82) is 0 Å². The zero-order valence-corrected chi connectivity index (χ0v) is 42.4. The Morgan fingerprint density at radius 2 is 0.543 bits per heavy atom. The summed E-state index contributed by atoms with van der Waals surface area (Å²) in [6.07, 6.45) is 27.3. The van der Waals surface area contributed by atoms with Crippen molar-refractivity contribution in [2.75, 3.05) is 13.2 Å². The van der Waals surface area contributed by atoms with Gasteiger partial charge in [0.1, 0.15) is 0 Å². The molecule has 3 N–H and O–H groups in total. The lowest BCUT2D eigenvalue weighted by atomic mass is 10.1. The van der Waals surface area contributed by atoms with E-state index in [1.165, 1.54) is 116 Å². The lowest BCUT2D eigenvalue weighted by Crippen LogP contribution is -2.15. The first-order valence-corrected chi connectivity index (χ1v) is 24.9. The number of benzene rings is 4. The Balaban J connectivity index is 0.000000960. The molecule has 0 aliphatic carbocycles. The minimum atomic E-state index is -0.708. The van der Waals surface area contributed by atoms with Crippen LogP contribution in [0, 0.1) is 0 Å². The van der Waals surface area contributed by atoms with Crippen molar-refractivity contribution < 1.29 is 69.2 Å². The fraction of sp³-hybridized carbons (Fsp3) is 0.500. The van der Waals surface area contributed by atoms with E-state index in [2.05, 4.69) is 38.3 Å². The maximum atomic E-state index is 11.5. The minimum Gasteiger partial charge on any atom is -0.255 e. The highest BCUT2D eigenvalue weighted by molar-refractivity contribution is 5.93. The van der Waals surface area contributed by atoms with Crippen LogP contribution in [0.2, 0.25) is 0 Å². The van der Waals surface area contributed by atoms with Gasteiger partial charge in [0.05, 0.1) is 41.1 Å². The number of unbranched alkanes of at least 4 members (excludes halogenated alkanes) is 18. The van der Waals surface area contributed by atoms with Gasteiger partial charge < -0.3 is 0 Å². The summed E-state index contributed by atoms with van der Waals surface area (Å²) >= 11 is 0. The number of carbonyl (C=O) groups excluding carboxylic acids is 4. The third kappa shape index (κ3) is 38.4. The molecule has 0 fully saturated rings. The van der Waals surface area contributed by atoms with Gasteiger partial charge in [0.15, 0.2) is 0 Å². The van der Waals surface area contributed by atoms with E-state index in [4.69, 9.17) is 25.5 Å². The molecular weight excluding hydrogens is 897 g/mol. The highest BCUT2D eigenvalue weighted by Crippen LogP contribution is 2.13. The fourth-order valence-electron chi connectivity index (χ4n) is 6.06. The van der Waals surface area contributed by atoms with Crippen LogP contribution in [0.15, 0.2) is 121 Å². The molecule has 0 aromatic heterocycles. The lowest BCUT2D eigenvalue weighted by Gasteiger charge is -2.10. The molecule has 0 saturated carbocycles. The van der Waals surface area contributed by atoms with E-state index in [0.29, 0.717) is 22.3 Å². The molecule has 4 aromatic carbocycles. The maximum absolute atomic E-state index is 11.5. The maximum Gasteiger partial charge on any atom is 0.386 e. The zero-order valence-electron chi connectivity index (χ0n) is 42.4. The lowest BCUT2D eigenvalue weighted by molar-refractivity contribution is -0.306. The quantitative estimate of drug-likeness (QED) is 0.0290. The molecule has 4 rings (SSSR count). The third-order valence-corrected chi connectivity index (χ3v) is 9.94. The molecule has 14 heteroatoms. The Bertz CT molecular complexity index is 1570. The van der Waals surface area contributed by atoms with Gasteiger partial charge in [0.2, 0.25) is 0 Å². The van der Waals surface area contributed by atoms with Crippen molar-refractivity contribution in [3.8, 4) is 0 Å². The van der Waals surface area contributed by atoms with Crippen molar-refractivity contribution in [2.24, 2.45) is 0 Å². The second-order valence-electron chi connectivity index (χ2n) is 17.2. The van der Waals surface area contributed by atoms with Crippen molar-refractivity contribution in [3.05, 3.63) is 144 Å². The Morgan fingerprint density at radius 3 is 0.729 bits per heavy atom.